The van der Waals surface area contributed by atoms with E-state index in [1.807, 2.05) is 66.7 Å². The van der Waals surface area contributed by atoms with Crippen molar-refractivity contribution in [1.82, 2.24) is 4.57 Å². The number of methoxy groups -OCH3 is 1. The van der Waals surface area contributed by atoms with E-state index < -0.39 is 0 Å². The van der Waals surface area contributed by atoms with Crippen molar-refractivity contribution in [2.45, 2.75) is 0 Å². The van der Waals surface area contributed by atoms with E-state index in [4.69, 9.17) is 14.2 Å². The summed E-state index contributed by atoms with van der Waals surface area (Å²) in [6.07, 6.45) is 0. The Morgan fingerprint density at radius 3 is 2.32 bits per heavy atom. The smallest absolute Gasteiger partial charge is 0.263 e. The second-order valence-corrected chi connectivity index (χ2v) is 6.53. The van der Waals surface area contributed by atoms with Crippen LogP contribution in [0.2, 0.25) is 0 Å². The number of rotatable bonds is 3. The maximum absolute atomic E-state index is 13.5. The minimum absolute atomic E-state index is 0.104. The lowest BCUT2D eigenvalue weighted by molar-refractivity contribution is 0.174. The molecule has 1 aliphatic heterocycles. The predicted octanol–water partition coefficient (Wildman–Crippen LogP) is 4.40. The number of fused-ring (bicyclic) bond motifs is 2. The molecule has 0 aliphatic carbocycles. The third kappa shape index (κ3) is 2.60. The van der Waals surface area contributed by atoms with Gasteiger partial charge in [-0.2, -0.15) is 0 Å². The molecule has 1 aromatic heterocycles. The number of ether oxygens (including phenoxy) is 3. The highest BCUT2D eigenvalue weighted by Crippen LogP contribution is 2.36. The van der Waals surface area contributed by atoms with Gasteiger partial charge in [0.2, 0.25) is 6.79 Å². The first-order valence-electron chi connectivity index (χ1n) is 8.94. The van der Waals surface area contributed by atoms with Crippen LogP contribution in [0, 0.1) is 0 Å². The molecule has 28 heavy (non-hydrogen) atoms. The molecule has 138 valence electrons. The topological polar surface area (TPSA) is 49.7 Å². The fourth-order valence-electron chi connectivity index (χ4n) is 3.51. The van der Waals surface area contributed by atoms with Crippen LogP contribution in [0.15, 0.2) is 77.6 Å². The van der Waals surface area contributed by atoms with Gasteiger partial charge in [-0.15, -0.1) is 0 Å². The summed E-state index contributed by atoms with van der Waals surface area (Å²) in [5, 5.41) is 1.40. The van der Waals surface area contributed by atoms with Crippen molar-refractivity contribution in [3.05, 3.63) is 83.2 Å². The molecule has 0 radical (unpaired) electrons. The first kappa shape index (κ1) is 16.4. The molecule has 0 amide bonds. The maximum atomic E-state index is 13.5. The van der Waals surface area contributed by atoms with Crippen molar-refractivity contribution in [2.75, 3.05) is 13.9 Å². The van der Waals surface area contributed by atoms with Gasteiger partial charge in [-0.25, -0.2) is 0 Å². The first-order chi connectivity index (χ1) is 13.7. The zero-order valence-corrected chi connectivity index (χ0v) is 15.2. The van der Waals surface area contributed by atoms with Crippen LogP contribution >= 0.6 is 0 Å². The molecule has 0 saturated heterocycles. The van der Waals surface area contributed by atoms with Gasteiger partial charge in [0.15, 0.2) is 11.5 Å². The van der Waals surface area contributed by atoms with Gasteiger partial charge >= 0.3 is 0 Å². The van der Waals surface area contributed by atoms with E-state index in [1.54, 1.807) is 17.7 Å². The Morgan fingerprint density at radius 1 is 0.893 bits per heavy atom. The second-order valence-electron chi connectivity index (χ2n) is 6.53. The number of para-hydroxylation sites is 1. The Hall–Kier alpha value is -3.73. The fourth-order valence-corrected chi connectivity index (χ4v) is 3.51. The van der Waals surface area contributed by atoms with E-state index >= 15 is 0 Å². The molecular weight excluding hydrogens is 354 g/mol. The summed E-state index contributed by atoms with van der Waals surface area (Å²) < 4.78 is 17.9. The van der Waals surface area contributed by atoms with Crippen LogP contribution in [0.5, 0.6) is 17.2 Å². The zero-order valence-electron chi connectivity index (χ0n) is 15.2. The number of pyridine rings is 1. The molecule has 0 unspecified atom stereocenters. The molecule has 5 rings (SSSR count). The SMILES string of the molecule is COc1ccc(-c2cc3cc4c(cc3c(=O)n2-c2ccccc2)OCO4)cc1. The molecule has 0 fully saturated rings. The summed E-state index contributed by atoms with van der Waals surface area (Å²) in [7, 11) is 1.63. The van der Waals surface area contributed by atoms with E-state index in [-0.39, 0.29) is 12.4 Å². The Morgan fingerprint density at radius 2 is 1.61 bits per heavy atom. The molecule has 5 nitrogen and oxygen atoms in total. The molecule has 0 spiro atoms. The highest BCUT2D eigenvalue weighted by molar-refractivity contribution is 5.89. The Kier molecular flexibility index (Phi) is 3.79. The van der Waals surface area contributed by atoms with Crippen molar-refractivity contribution in [3.63, 3.8) is 0 Å². The minimum Gasteiger partial charge on any atom is -0.497 e. The number of benzene rings is 3. The normalized spacial score (nSPS) is 12.3. The third-order valence-corrected chi connectivity index (χ3v) is 4.91. The molecule has 3 aromatic carbocycles. The summed E-state index contributed by atoms with van der Waals surface area (Å²) in [4.78, 5) is 13.5. The van der Waals surface area contributed by atoms with Gasteiger partial charge in [0.1, 0.15) is 5.75 Å². The number of aromatic nitrogens is 1. The van der Waals surface area contributed by atoms with Crippen LogP contribution in [0.25, 0.3) is 27.7 Å². The van der Waals surface area contributed by atoms with Gasteiger partial charge in [-0.1, -0.05) is 18.2 Å². The highest BCUT2D eigenvalue weighted by atomic mass is 16.7. The standard InChI is InChI=1S/C23H17NO4/c1-26-18-9-7-15(8-10-18)20-11-16-12-21-22(28-14-27-21)13-19(16)23(25)24(20)17-5-3-2-4-6-17/h2-13H,14H2,1H3. The van der Waals surface area contributed by atoms with Crippen LogP contribution in [-0.4, -0.2) is 18.5 Å². The third-order valence-electron chi connectivity index (χ3n) is 4.91. The lowest BCUT2D eigenvalue weighted by Crippen LogP contribution is -2.20. The highest BCUT2D eigenvalue weighted by Gasteiger charge is 2.19. The van der Waals surface area contributed by atoms with Crippen molar-refractivity contribution in [3.8, 4) is 34.2 Å². The number of nitrogens with zero attached hydrogens (tertiary/aromatic N) is 1. The summed E-state index contributed by atoms with van der Waals surface area (Å²) >= 11 is 0. The van der Waals surface area contributed by atoms with Gasteiger partial charge in [-0.05, 0) is 65.5 Å². The van der Waals surface area contributed by atoms with E-state index in [2.05, 4.69) is 0 Å². The Bertz CT molecular complexity index is 1230. The summed E-state index contributed by atoms with van der Waals surface area (Å²) in [5.74, 6) is 2.02. The fraction of sp³-hybridized carbons (Fsp3) is 0.0870. The van der Waals surface area contributed by atoms with Gasteiger partial charge in [0.05, 0.1) is 18.2 Å². The summed E-state index contributed by atoms with van der Waals surface area (Å²) in [6.45, 7) is 0.171. The first-order valence-corrected chi connectivity index (χ1v) is 8.94. The van der Waals surface area contributed by atoms with Gasteiger partial charge in [-0.3, -0.25) is 9.36 Å². The van der Waals surface area contributed by atoms with E-state index in [0.717, 1.165) is 28.1 Å². The average Bonchev–Trinajstić information content (AvgIpc) is 3.20. The molecule has 0 atom stereocenters. The molecular formula is C23H17NO4. The maximum Gasteiger partial charge on any atom is 0.263 e. The predicted molar refractivity (Wildman–Crippen MR) is 108 cm³/mol. The van der Waals surface area contributed by atoms with Gasteiger partial charge in [0, 0.05) is 5.69 Å². The lowest BCUT2D eigenvalue weighted by Gasteiger charge is -2.15. The Labute approximate surface area is 161 Å². The number of hydrogen-bond donors (Lipinski definition) is 0. The van der Waals surface area contributed by atoms with Crippen LogP contribution in [-0.2, 0) is 0 Å². The van der Waals surface area contributed by atoms with Crippen molar-refractivity contribution in [1.29, 1.82) is 0 Å². The van der Waals surface area contributed by atoms with E-state index in [1.165, 1.54) is 0 Å². The second kappa shape index (κ2) is 6.46. The van der Waals surface area contributed by atoms with E-state index in [9.17, 15) is 4.79 Å². The number of hydrogen-bond acceptors (Lipinski definition) is 4. The molecule has 4 aromatic rings. The van der Waals surface area contributed by atoms with Crippen LogP contribution in [0.3, 0.4) is 0 Å². The molecule has 1 aliphatic rings. The van der Waals surface area contributed by atoms with Crippen molar-refractivity contribution < 1.29 is 14.2 Å². The summed E-state index contributed by atoms with van der Waals surface area (Å²) in [6, 6.07) is 22.9. The quantitative estimate of drug-likeness (QED) is 0.536. The monoisotopic (exact) mass is 371 g/mol. The van der Waals surface area contributed by atoms with Gasteiger partial charge in [0.25, 0.3) is 5.56 Å². The van der Waals surface area contributed by atoms with Crippen molar-refractivity contribution >= 4 is 10.8 Å². The minimum atomic E-state index is -0.104. The van der Waals surface area contributed by atoms with Crippen molar-refractivity contribution in [2.24, 2.45) is 0 Å². The average molecular weight is 371 g/mol. The molecule has 0 N–H and O–H groups in total. The van der Waals surface area contributed by atoms with Crippen LogP contribution < -0.4 is 19.8 Å². The van der Waals surface area contributed by atoms with E-state index in [0.29, 0.717) is 16.9 Å². The lowest BCUT2D eigenvalue weighted by atomic mass is 10.0. The van der Waals surface area contributed by atoms with Gasteiger partial charge < -0.3 is 14.2 Å². The molecule has 0 bridgehead atoms. The molecule has 5 heteroatoms. The molecule has 0 saturated carbocycles. The Balaban J connectivity index is 1.83. The molecule has 2 heterocycles. The van der Waals surface area contributed by atoms with Crippen LogP contribution in [0.4, 0.5) is 0 Å². The largest absolute Gasteiger partial charge is 0.497 e. The summed E-state index contributed by atoms with van der Waals surface area (Å²) in [5.41, 5.74) is 2.41. The van der Waals surface area contributed by atoms with Crippen LogP contribution in [0.1, 0.15) is 0 Å². The zero-order chi connectivity index (χ0) is 19.1.